The van der Waals surface area contributed by atoms with E-state index < -0.39 is 5.41 Å². The van der Waals surface area contributed by atoms with Crippen LogP contribution in [0.25, 0.3) is 0 Å². The molecule has 0 aliphatic rings. The summed E-state index contributed by atoms with van der Waals surface area (Å²) >= 11 is 0. The topological polar surface area (TPSA) is 67.4 Å². The van der Waals surface area contributed by atoms with E-state index in [2.05, 4.69) is 10.6 Å². The van der Waals surface area contributed by atoms with Gasteiger partial charge in [-0.05, 0) is 19.4 Å². The fourth-order valence-corrected chi connectivity index (χ4v) is 2.14. The molecule has 0 fully saturated rings. The zero-order valence-electron chi connectivity index (χ0n) is 12.2. The van der Waals surface area contributed by atoms with E-state index in [-0.39, 0.29) is 18.4 Å². The first-order valence-corrected chi connectivity index (χ1v) is 6.74. The van der Waals surface area contributed by atoms with Gasteiger partial charge in [-0.3, -0.25) is 9.59 Å². The van der Waals surface area contributed by atoms with Crippen molar-refractivity contribution >= 4 is 11.8 Å². The SMILES string of the molecule is CCNC(=O)C(COC)(C(=O)NCC)c1ccccc1. The molecule has 110 valence electrons. The van der Waals surface area contributed by atoms with Crippen molar-refractivity contribution in [1.82, 2.24) is 10.6 Å². The first kappa shape index (κ1) is 16.2. The Morgan fingerprint density at radius 1 is 1.05 bits per heavy atom. The van der Waals surface area contributed by atoms with Crippen molar-refractivity contribution in [2.45, 2.75) is 19.3 Å². The lowest BCUT2D eigenvalue weighted by Gasteiger charge is -2.30. The van der Waals surface area contributed by atoms with Crippen molar-refractivity contribution in [1.29, 1.82) is 0 Å². The lowest BCUT2D eigenvalue weighted by molar-refractivity contribution is -0.140. The minimum absolute atomic E-state index is 0.00528. The molecule has 0 bridgehead atoms. The fraction of sp³-hybridized carbons (Fsp3) is 0.467. The van der Waals surface area contributed by atoms with Crippen LogP contribution in [0, 0.1) is 0 Å². The normalized spacial score (nSPS) is 10.9. The number of likely N-dealkylation sites (N-methyl/N-ethyl adjacent to an activating group) is 2. The van der Waals surface area contributed by atoms with Gasteiger partial charge in [-0.2, -0.15) is 0 Å². The smallest absolute Gasteiger partial charge is 0.242 e. The number of methoxy groups -OCH3 is 1. The molecule has 0 aliphatic heterocycles. The molecule has 20 heavy (non-hydrogen) atoms. The van der Waals surface area contributed by atoms with E-state index in [0.29, 0.717) is 18.7 Å². The van der Waals surface area contributed by atoms with Gasteiger partial charge >= 0.3 is 0 Å². The predicted molar refractivity (Wildman–Crippen MR) is 77.4 cm³/mol. The van der Waals surface area contributed by atoms with Crippen molar-refractivity contribution in [2.75, 3.05) is 26.8 Å². The van der Waals surface area contributed by atoms with E-state index in [1.807, 2.05) is 19.9 Å². The van der Waals surface area contributed by atoms with Crippen LogP contribution in [0.5, 0.6) is 0 Å². The second-order valence-corrected chi connectivity index (χ2v) is 4.42. The largest absolute Gasteiger partial charge is 0.383 e. The second kappa shape index (κ2) is 7.65. The lowest BCUT2D eigenvalue weighted by Crippen LogP contribution is -2.57. The van der Waals surface area contributed by atoms with Gasteiger partial charge in [0.15, 0.2) is 5.41 Å². The summed E-state index contributed by atoms with van der Waals surface area (Å²) in [5.74, 6) is -0.696. The van der Waals surface area contributed by atoms with Crippen LogP contribution < -0.4 is 10.6 Å². The minimum atomic E-state index is -1.36. The quantitative estimate of drug-likeness (QED) is 0.726. The Balaban J connectivity index is 3.33. The number of carbonyl (C=O) groups is 2. The number of hydrogen-bond donors (Lipinski definition) is 2. The molecule has 1 aromatic rings. The van der Waals surface area contributed by atoms with Gasteiger partial charge in [0.05, 0.1) is 6.61 Å². The Morgan fingerprint density at radius 2 is 1.55 bits per heavy atom. The van der Waals surface area contributed by atoms with Crippen LogP contribution in [0.3, 0.4) is 0 Å². The van der Waals surface area contributed by atoms with E-state index in [1.54, 1.807) is 24.3 Å². The standard InChI is InChI=1S/C15H22N2O3/c1-4-16-13(18)15(11-20-3,14(19)17-5-2)12-9-7-6-8-10-12/h6-10H,4-5,11H2,1-3H3,(H,16,18)(H,17,19). The zero-order valence-corrected chi connectivity index (χ0v) is 12.2. The summed E-state index contributed by atoms with van der Waals surface area (Å²) in [4.78, 5) is 25.0. The molecule has 2 N–H and O–H groups in total. The third-order valence-electron chi connectivity index (χ3n) is 3.08. The Hall–Kier alpha value is -1.88. The van der Waals surface area contributed by atoms with Crippen LogP contribution in [0.1, 0.15) is 19.4 Å². The van der Waals surface area contributed by atoms with Crippen molar-refractivity contribution in [3.63, 3.8) is 0 Å². The number of ether oxygens (including phenoxy) is 1. The molecule has 0 radical (unpaired) electrons. The van der Waals surface area contributed by atoms with Crippen LogP contribution in [-0.4, -0.2) is 38.6 Å². The molecule has 0 spiro atoms. The van der Waals surface area contributed by atoms with Crippen LogP contribution in [0.15, 0.2) is 30.3 Å². The van der Waals surface area contributed by atoms with Gasteiger partial charge in [-0.1, -0.05) is 30.3 Å². The average molecular weight is 278 g/mol. The molecule has 5 nitrogen and oxygen atoms in total. The van der Waals surface area contributed by atoms with Crippen molar-refractivity contribution in [3.05, 3.63) is 35.9 Å². The summed E-state index contributed by atoms with van der Waals surface area (Å²) in [6, 6.07) is 8.99. The molecule has 1 aromatic carbocycles. The molecule has 0 aromatic heterocycles. The van der Waals surface area contributed by atoms with Gasteiger partial charge in [0.25, 0.3) is 0 Å². The van der Waals surface area contributed by atoms with Gasteiger partial charge in [0.2, 0.25) is 11.8 Å². The van der Waals surface area contributed by atoms with Gasteiger partial charge in [0, 0.05) is 20.2 Å². The predicted octanol–water partition coefficient (Wildman–Crippen LogP) is 0.843. The molecule has 0 saturated carbocycles. The molecular weight excluding hydrogens is 256 g/mol. The average Bonchev–Trinajstić information content (AvgIpc) is 2.46. The molecular formula is C15H22N2O3. The minimum Gasteiger partial charge on any atom is -0.383 e. The maximum absolute atomic E-state index is 12.5. The molecule has 1 rings (SSSR count). The summed E-state index contributed by atoms with van der Waals surface area (Å²) in [5.41, 5.74) is -0.735. The van der Waals surface area contributed by atoms with Crippen molar-refractivity contribution in [2.24, 2.45) is 0 Å². The van der Waals surface area contributed by atoms with E-state index in [4.69, 9.17) is 4.74 Å². The third-order valence-corrected chi connectivity index (χ3v) is 3.08. The monoisotopic (exact) mass is 278 g/mol. The second-order valence-electron chi connectivity index (χ2n) is 4.42. The molecule has 0 unspecified atom stereocenters. The maximum Gasteiger partial charge on any atom is 0.242 e. The highest BCUT2D eigenvalue weighted by Crippen LogP contribution is 2.25. The van der Waals surface area contributed by atoms with Crippen LogP contribution >= 0.6 is 0 Å². The third kappa shape index (κ3) is 3.17. The number of carbonyl (C=O) groups excluding carboxylic acids is 2. The number of rotatable bonds is 7. The summed E-state index contributed by atoms with van der Waals surface area (Å²) in [6.45, 7) is 4.54. The highest BCUT2D eigenvalue weighted by Gasteiger charge is 2.47. The molecule has 0 aliphatic carbocycles. The maximum atomic E-state index is 12.5. The van der Waals surface area contributed by atoms with Gasteiger partial charge in [-0.25, -0.2) is 0 Å². The van der Waals surface area contributed by atoms with Gasteiger partial charge < -0.3 is 15.4 Å². The summed E-state index contributed by atoms with van der Waals surface area (Å²) in [7, 11) is 1.48. The Morgan fingerprint density at radius 3 is 1.95 bits per heavy atom. The Labute approximate surface area is 119 Å². The Bertz CT molecular complexity index is 428. The van der Waals surface area contributed by atoms with E-state index in [9.17, 15) is 9.59 Å². The summed E-state index contributed by atoms with van der Waals surface area (Å²) in [6.07, 6.45) is 0. The van der Waals surface area contributed by atoms with Crippen molar-refractivity contribution in [3.8, 4) is 0 Å². The van der Waals surface area contributed by atoms with Crippen molar-refractivity contribution < 1.29 is 14.3 Å². The number of amides is 2. The van der Waals surface area contributed by atoms with Crippen LogP contribution in [-0.2, 0) is 19.7 Å². The number of hydrogen-bond acceptors (Lipinski definition) is 3. The summed E-state index contributed by atoms with van der Waals surface area (Å²) < 4.78 is 5.18. The highest BCUT2D eigenvalue weighted by atomic mass is 16.5. The van der Waals surface area contributed by atoms with E-state index in [1.165, 1.54) is 7.11 Å². The van der Waals surface area contributed by atoms with E-state index >= 15 is 0 Å². The first-order valence-electron chi connectivity index (χ1n) is 6.74. The molecule has 0 atom stereocenters. The first-order chi connectivity index (χ1) is 9.63. The molecule has 0 saturated heterocycles. The molecule has 2 amide bonds. The fourth-order valence-electron chi connectivity index (χ4n) is 2.14. The number of benzene rings is 1. The lowest BCUT2D eigenvalue weighted by atomic mass is 9.79. The molecule has 5 heteroatoms. The Kier molecular flexibility index (Phi) is 6.18. The summed E-state index contributed by atoms with van der Waals surface area (Å²) in [5, 5.41) is 5.46. The van der Waals surface area contributed by atoms with Crippen LogP contribution in [0.2, 0.25) is 0 Å². The van der Waals surface area contributed by atoms with Gasteiger partial charge in [-0.15, -0.1) is 0 Å². The van der Waals surface area contributed by atoms with E-state index in [0.717, 1.165) is 0 Å². The van der Waals surface area contributed by atoms with Crippen LogP contribution in [0.4, 0.5) is 0 Å². The highest BCUT2D eigenvalue weighted by molar-refractivity contribution is 6.11. The van der Waals surface area contributed by atoms with Gasteiger partial charge in [0.1, 0.15) is 0 Å². The zero-order chi connectivity index (χ0) is 15.0. The molecule has 0 heterocycles. The number of nitrogens with one attached hydrogen (secondary N) is 2.